The molecule has 0 saturated heterocycles. The van der Waals surface area contributed by atoms with Gasteiger partial charge in [0.05, 0.1) is 6.33 Å². The van der Waals surface area contributed by atoms with Gasteiger partial charge in [-0.3, -0.25) is 0 Å². The van der Waals surface area contributed by atoms with E-state index in [1.54, 1.807) is 13.4 Å². The normalized spacial score (nSPS) is 11.0. The predicted octanol–water partition coefficient (Wildman–Crippen LogP) is 2.26. The van der Waals surface area contributed by atoms with Crippen LogP contribution in [-0.4, -0.2) is 37.0 Å². The molecule has 0 radical (unpaired) electrons. The zero-order chi connectivity index (χ0) is 15.0. The third kappa shape index (κ3) is 2.54. The highest BCUT2D eigenvalue weighted by molar-refractivity contribution is 7.99. The molecule has 0 aromatic carbocycles. The quantitative estimate of drug-likeness (QED) is 0.566. The first kappa shape index (κ1) is 13.7. The maximum atomic E-state index is 4.51. The monoisotopic (exact) mass is 301 g/mol. The van der Waals surface area contributed by atoms with E-state index in [2.05, 4.69) is 35.2 Å². The third-order valence-electron chi connectivity index (χ3n) is 3.28. The summed E-state index contributed by atoms with van der Waals surface area (Å²) in [7, 11) is 1.78. The first-order valence-electron chi connectivity index (χ1n) is 6.47. The first-order chi connectivity index (χ1) is 10.1. The number of hydrogen-bond acceptors (Lipinski definition) is 7. The maximum absolute atomic E-state index is 4.51. The standard InChI is InChI=1S/C13H15N7S/c1-6-7(2)17-13(18-8(6)3)21-11-9-10(16-5-15-9)19-12(14-4)20-11/h5H,1-4H3,(H2,14,15,16,19,20). The van der Waals surface area contributed by atoms with E-state index in [0.717, 1.165) is 27.5 Å². The van der Waals surface area contributed by atoms with Gasteiger partial charge in [0.15, 0.2) is 10.8 Å². The minimum absolute atomic E-state index is 0.526. The minimum Gasteiger partial charge on any atom is -0.357 e. The molecule has 0 aliphatic rings. The lowest BCUT2D eigenvalue weighted by molar-refractivity contribution is 0.878. The van der Waals surface area contributed by atoms with Crippen molar-refractivity contribution in [3.8, 4) is 0 Å². The van der Waals surface area contributed by atoms with Gasteiger partial charge in [0, 0.05) is 18.4 Å². The van der Waals surface area contributed by atoms with Crippen LogP contribution in [0.1, 0.15) is 17.0 Å². The molecule has 3 aromatic rings. The number of nitrogens with zero attached hydrogens (tertiary/aromatic N) is 5. The number of fused-ring (bicyclic) bond motifs is 1. The molecule has 0 bridgehead atoms. The molecular weight excluding hydrogens is 286 g/mol. The number of aryl methyl sites for hydroxylation is 2. The van der Waals surface area contributed by atoms with E-state index < -0.39 is 0 Å². The van der Waals surface area contributed by atoms with Crippen molar-refractivity contribution in [1.29, 1.82) is 0 Å². The van der Waals surface area contributed by atoms with Crippen molar-refractivity contribution in [2.24, 2.45) is 0 Å². The SMILES string of the molecule is CNc1nc(Sc2nc(C)c(C)c(C)n2)c2[nH]cnc2n1. The lowest BCUT2D eigenvalue weighted by Gasteiger charge is -2.07. The molecule has 21 heavy (non-hydrogen) atoms. The highest BCUT2D eigenvalue weighted by Crippen LogP contribution is 2.29. The molecule has 2 N–H and O–H groups in total. The zero-order valence-electron chi connectivity index (χ0n) is 12.2. The number of hydrogen-bond donors (Lipinski definition) is 2. The van der Waals surface area contributed by atoms with E-state index in [0.29, 0.717) is 16.8 Å². The van der Waals surface area contributed by atoms with Crippen LogP contribution < -0.4 is 5.32 Å². The molecule has 0 atom stereocenters. The number of H-pyrrole nitrogens is 1. The fourth-order valence-electron chi connectivity index (χ4n) is 1.87. The number of aromatic amines is 1. The van der Waals surface area contributed by atoms with Crippen LogP contribution in [0.15, 0.2) is 16.5 Å². The molecule has 108 valence electrons. The summed E-state index contributed by atoms with van der Waals surface area (Å²) in [6.45, 7) is 5.99. The molecule has 0 amide bonds. The van der Waals surface area contributed by atoms with Crippen molar-refractivity contribution >= 4 is 28.9 Å². The van der Waals surface area contributed by atoms with Crippen LogP contribution in [0.2, 0.25) is 0 Å². The highest BCUT2D eigenvalue weighted by atomic mass is 32.2. The Kier molecular flexibility index (Phi) is 3.46. The Morgan fingerprint density at radius 1 is 1.05 bits per heavy atom. The van der Waals surface area contributed by atoms with Crippen molar-refractivity contribution in [2.75, 3.05) is 12.4 Å². The second-order valence-corrected chi connectivity index (χ2v) is 5.56. The summed E-state index contributed by atoms with van der Waals surface area (Å²) in [6.07, 6.45) is 1.61. The molecule has 7 nitrogen and oxygen atoms in total. The molecular formula is C13H15N7S. The maximum Gasteiger partial charge on any atom is 0.225 e. The van der Waals surface area contributed by atoms with E-state index >= 15 is 0 Å². The smallest absolute Gasteiger partial charge is 0.225 e. The first-order valence-corrected chi connectivity index (χ1v) is 7.28. The molecule has 0 aliphatic carbocycles. The van der Waals surface area contributed by atoms with E-state index in [9.17, 15) is 0 Å². The van der Waals surface area contributed by atoms with Crippen LogP contribution in [0, 0.1) is 20.8 Å². The van der Waals surface area contributed by atoms with E-state index in [1.165, 1.54) is 11.8 Å². The largest absolute Gasteiger partial charge is 0.357 e. The van der Waals surface area contributed by atoms with Gasteiger partial charge < -0.3 is 10.3 Å². The van der Waals surface area contributed by atoms with Gasteiger partial charge in [-0.1, -0.05) is 0 Å². The van der Waals surface area contributed by atoms with Crippen LogP contribution in [-0.2, 0) is 0 Å². The van der Waals surface area contributed by atoms with Crippen LogP contribution in [0.25, 0.3) is 11.2 Å². The summed E-state index contributed by atoms with van der Waals surface area (Å²) in [4.78, 5) is 25.0. The topological polar surface area (TPSA) is 92.3 Å². The van der Waals surface area contributed by atoms with Gasteiger partial charge >= 0.3 is 0 Å². The lowest BCUT2D eigenvalue weighted by Crippen LogP contribution is -2.01. The Hall–Kier alpha value is -2.22. The van der Waals surface area contributed by atoms with Gasteiger partial charge in [0.2, 0.25) is 5.95 Å². The van der Waals surface area contributed by atoms with Crippen LogP contribution in [0.3, 0.4) is 0 Å². The number of rotatable bonds is 3. The van der Waals surface area contributed by atoms with Gasteiger partial charge in [0.25, 0.3) is 0 Å². The molecule has 0 spiro atoms. The Bertz CT molecular complexity index is 788. The molecule has 0 fully saturated rings. The molecule has 0 saturated carbocycles. The molecule has 3 aromatic heterocycles. The number of aromatic nitrogens is 6. The van der Waals surface area contributed by atoms with Gasteiger partial charge in [-0.05, 0) is 38.1 Å². The third-order valence-corrected chi connectivity index (χ3v) is 4.13. The molecule has 8 heteroatoms. The average molecular weight is 301 g/mol. The minimum atomic E-state index is 0.526. The van der Waals surface area contributed by atoms with Gasteiger partial charge in [-0.15, -0.1) is 0 Å². The number of nitrogens with one attached hydrogen (secondary N) is 2. The van der Waals surface area contributed by atoms with Gasteiger partial charge in [-0.2, -0.15) is 4.98 Å². The summed E-state index contributed by atoms with van der Waals surface area (Å²) in [5.74, 6) is 0.526. The summed E-state index contributed by atoms with van der Waals surface area (Å²) >= 11 is 1.40. The van der Waals surface area contributed by atoms with E-state index in [1.807, 2.05) is 20.8 Å². The van der Waals surface area contributed by atoms with E-state index in [-0.39, 0.29) is 0 Å². The Balaban J connectivity index is 2.07. The van der Waals surface area contributed by atoms with Crippen molar-refractivity contribution in [3.63, 3.8) is 0 Å². The molecule has 0 unspecified atom stereocenters. The summed E-state index contributed by atoms with van der Waals surface area (Å²) in [5, 5.41) is 4.36. The number of imidazole rings is 1. The molecule has 3 heterocycles. The van der Waals surface area contributed by atoms with Gasteiger partial charge in [-0.25, -0.2) is 19.9 Å². The summed E-state index contributed by atoms with van der Waals surface area (Å²) < 4.78 is 0. The lowest BCUT2D eigenvalue weighted by atomic mass is 10.2. The Morgan fingerprint density at radius 2 is 1.76 bits per heavy atom. The van der Waals surface area contributed by atoms with Crippen molar-refractivity contribution in [2.45, 2.75) is 31.0 Å². The molecule has 3 rings (SSSR count). The van der Waals surface area contributed by atoms with E-state index in [4.69, 9.17) is 0 Å². The van der Waals surface area contributed by atoms with Crippen LogP contribution in [0.4, 0.5) is 5.95 Å². The fraction of sp³-hybridized carbons (Fsp3) is 0.308. The molecule has 0 aliphatic heterocycles. The average Bonchev–Trinajstić information content (AvgIpc) is 2.93. The summed E-state index contributed by atoms with van der Waals surface area (Å²) in [5.41, 5.74) is 4.49. The predicted molar refractivity (Wildman–Crippen MR) is 81.6 cm³/mol. The zero-order valence-corrected chi connectivity index (χ0v) is 13.0. The second kappa shape index (κ2) is 5.28. The Morgan fingerprint density at radius 3 is 2.43 bits per heavy atom. The highest BCUT2D eigenvalue weighted by Gasteiger charge is 2.13. The fourth-order valence-corrected chi connectivity index (χ4v) is 2.79. The van der Waals surface area contributed by atoms with Crippen LogP contribution >= 0.6 is 11.8 Å². The van der Waals surface area contributed by atoms with Crippen molar-refractivity contribution in [1.82, 2.24) is 29.9 Å². The number of anilines is 1. The summed E-state index contributed by atoms with van der Waals surface area (Å²) in [6, 6.07) is 0. The Labute approximate surface area is 126 Å². The second-order valence-electron chi connectivity index (χ2n) is 4.61. The van der Waals surface area contributed by atoms with Crippen LogP contribution in [0.5, 0.6) is 0 Å². The van der Waals surface area contributed by atoms with Gasteiger partial charge in [0.1, 0.15) is 10.5 Å². The van der Waals surface area contributed by atoms with Crippen molar-refractivity contribution in [3.05, 3.63) is 23.3 Å². The van der Waals surface area contributed by atoms with Crippen molar-refractivity contribution < 1.29 is 0 Å².